The Morgan fingerprint density at radius 1 is 0.912 bits per heavy atom. The molecule has 0 unspecified atom stereocenters. The average Bonchev–Trinajstić information content (AvgIpc) is 2.84. The van der Waals surface area contributed by atoms with E-state index in [1.165, 1.54) is 4.68 Å². The van der Waals surface area contributed by atoms with Gasteiger partial charge in [-0.05, 0) is 43.5 Å². The fourth-order valence-corrected chi connectivity index (χ4v) is 3.71. The van der Waals surface area contributed by atoms with E-state index in [1.807, 2.05) is 54.6 Å². The number of esters is 1. The first-order valence-electron chi connectivity index (χ1n) is 11.0. The van der Waals surface area contributed by atoms with Crippen molar-refractivity contribution in [1.29, 1.82) is 0 Å². The van der Waals surface area contributed by atoms with E-state index in [4.69, 9.17) is 4.74 Å². The SMILES string of the molecule is CC(C)n1nc(C(=O)OCC(=O)Nc2ccccc2Cc2ccccc2)c2ccccc2c1=O. The standard InChI is InChI=1S/C27H25N3O4/c1-18(2)30-26(32)22-14-8-7-13-21(22)25(29-30)27(33)34-17-24(31)28-23-15-9-6-12-20(23)16-19-10-4-3-5-11-19/h3-15,18H,16-17H2,1-2H3,(H,28,31). The van der Waals surface area contributed by atoms with Crippen LogP contribution in [0, 0.1) is 0 Å². The maximum Gasteiger partial charge on any atom is 0.359 e. The van der Waals surface area contributed by atoms with Crippen LogP contribution in [0.4, 0.5) is 5.69 Å². The van der Waals surface area contributed by atoms with Gasteiger partial charge in [0.15, 0.2) is 12.3 Å². The second kappa shape index (κ2) is 10.1. The molecule has 1 amide bonds. The summed E-state index contributed by atoms with van der Waals surface area (Å²) in [6.07, 6.45) is 0.656. The van der Waals surface area contributed by atoms with Gasteiger partial charge in [0, 0.05) is 11.1 Å². The number of carbonyl (C=O) groups is 2. The lowest BCUT2D eigenvalue weighted by atomic mass is 10.0. The number of hydrogen-bond acceptors (Lipinski definition) is 5. The molecule has 7 heteroatoms. The van der Waals surface area contributed by atoms with Gasteiger partial charge in [0.25, 0.3) is 11.5 Å². The summed E-state index contributed by atoms with van der Waals surface area (Å²) >= 11 is 0. The third kappa shape index (κ3) is 5.04. The number of rotatable bonds is 7. The molecule has 4 rings (SSSR count). The van der Waals surface area contributed by atoms with Gasteiger partial charge >= 0.3 is 5.97 Å². The minimum Gasteiger partial charge on any atom is -0.451 e. The maximum atomic E-state index is 12.8. The number of hydrogen-bond donors (Lipinski definition) is 1. The molecule has 0 radical (unpaired) electrons. The Morgan fingerprint density at radius 3 is 2.29 bits per heavy atom. The van der Waals surface area contributed by atoms with Crippen LogP contribution in [-0.4, -0.2) is 28.3 Å². The van der Waals surface area contributed by atoms with E-state index >= 15 is 0 Å². The van der Waals surface area contributed by atoms with E-state index in [0.29, 0.717) is 22.9 Å². The fourth-order valence-electron chi connectivity index (χ4n) is 3.71. The Bertz CT molecular complexity index is 1390. The van der Waals surface area contributed by atoms with Crippen molar-refractivity contribution < 1.29 is 14.3 Å². The number of ether oxygens (including phenoxy) is 1. The third-order valence-corrected chi connectivity index (χ3v) is 5.37. The fraction of sp³-hybridized carbons (Fsp3) is 0.185. The minimum absolute atomic E-state index is 0.00109. The highest BCUT2D eigenvalue weighted by Gasteiger charge is 2.20. The molecule has 0 aliphatic heterocycles. The minimum atomic E-state index is -0.765. The molecule has 0 saturated carbocycles. The largest absolute Gasteiger partial charge is 0.451 e. The summed E-state index contributed by atoms with van der Waals surface area (Å²) in [5.41, 5.74) is 2.44. The number of nitrogens with zero attached hydrogens (tertiary/aromatic N) is 2. The first kappa shape index (κ1) is 22.9. The molecule has 7 nitrogen and oxygen atoms in total. The highest BCUT2D eigenvalue weighted by molar-refractivity contribution is 6.03. The molecule has 0 saturated heterocycles. The van der Waals surface area contributed by atoms with Crippen molar-refractivity contribution in [2.24, 2.45) is 0 Å². The monoisotopic (exact) mass is 455 g/mol. The Hall–Kier alpha value is -4.26. The van der Waals surface area contributed by atoms with E-state index in [1.54, 1.807) is 38.1 Å². The van der Waals surface area contributed by atoms with Gasteiger partial charge in [0.1, 0.15) is 0 Å². The number of anilines is 1. The zero-order valence-corrected chi connectivity index (χ0v) is 19.0. The van der Waals surface area contributed by atoms with Crippen LogP contribution in [0.1, 0.15) is 41.5 Å². The molecule has 34 heavy (non-hydrogen) atoms. The van der Waals surface area contributed by atoms with Gasteiger partial charge < -0.3 is 10.1 Å². The number of benzene rings is 3. The van der Waals surface area contributed by atoms with Crippen molar-refractivity contribution in [3.8, 4) is 0 Å². The third-order valence-electron chi connectivity index (χ3n) is 5.37. The number of carbonyl (C=O) groups excluding carboxylic acids is 2. The smallest absolute Gasteiger partial charge is 0.359 e. The summed E-state index contributed by atoms with van der Waals surface area (Å²) in [4.78, 5) is 38.1. The Balaban J connectivity index is 1.49. The summed E-state index contributed by atoms with van der Waals surface area (Å²) in [6, 6.07) is 23.9. The van der Waals surface area contributed by atoms with E-state index in [2.05, 4.69) is 10.4 Å². The molecule has 1 heterocycles. The first-order chi connectivity index (χ1) is 16.4. The zero-order valence-electron chi connectivity index (χ0n) is 19.0. The predicted octanol–water partition coefficient (Wildman–Crippen LogP) is 4.36. The van der Waals surface area contributed by atoms with Gasteiger partial charge in [-0.25, -0.2) is 9.48 Å². The molecule has 172 valence electrons. The molecule has 0 fully saturated rings. The van der Waals surface area contributed by atoms with Gasteiger partial charge in [0.2, 0.25) is 0 Å². The Kier molecular flexibility index (Phi) is 6.82. The number of fused-ring (bicyclic) bond motifs is 1. The van der Waals surface area contributed by atoms with Gasteiger partial charge in [-0.3, -0.25) is 9.59 Å². The molecule has 0 aliphatic carbocycles. The van der Waals surface area contributed by atoms with Crippen molar-refractivity contribution in [2.75, 3.05) is 11.9 Å². The molecule has 0 aliphatic rings. The van der Waals surface area contributed by atoms with Crippen LogP contribution in [0.2, 0.25) is 0 Å². The van der Waals surface area contributed by atoms with Crippen LogP contribution >= 0.6 is 0 Å². The van der Waals surface area contributed by atoms with Crippen LogP contribution in [-0.2, 0) is 16.0 Å². The predicted molar refractivity (Wildman–Crippen MR) is 131 cm³/mol. The number of nitrogens with one attached hydrogen (secondary N) is 1. The van der Waals surface area contributed by atoms with Crippen LogP contribution < -0.4 is 10.9 Å². The van der Waals surface area contributed by atoms with Gasteiger partial charge in [-0.1, -0.05) is 66.7 Å². The lowest BCUT2D eigenvalue weighted by Gasteiger charge is -2.14. The summed E-state index contributed by atoms with van der Waals surface area (Å²) in [6.45, 7) is 3.13. The van der Waals surface area contributed by atoms with E-state index in [9.17, 15) is 14.4 Å². The topological polar surface area (TPSA) is 90.3 Å². The maximum absolute atomic E-state index is 12.8. The average molecular weight is 456 g/mol. The lowest BCUT2D eigenvalue weighted by Crippen LogP contribution is -2.29. The zero-order chi connectivity index (χ0) is 24.1. The Morgan fingerprint density at radius 2 is 1.56 bits per heavy atom. The molecule has 0 bridgehead atoms. The highest BCUT2D eigenvalue weighted by atomic mass is 16.5. The molecular formula is C27H25N3O4. The molecule has 3 aromatic carbocycles. The summed E-state index contributed by atoms with van der Waals surface area (Å²) < 4.78 is 6.52. The first-order valence-corrected chi connectivity index (χ1v) is 11.0. The van der Waals surface area contributed by atoms with E-state index in [-0.39, 0.29) is 17.3 Å². The Labute approximate surface area is 197 Å². The van der Waals surface area contributed by atoms with E-state index < -0.39 is 18.5 Å². The lowest BCUT2D eigenvalue weighted by molar-refractivity contribution is -0.119. The van der Waals surface area contributed by atoms with Crippen molar-refractivity contribution >= 4 is 28.3 Å². The van der Waals surface area contributed by atoms with Crippen molar-refractivity contribution in [3.05, 3.63) is 106 Å². The normalized spacial score (nSPS) is 10.9. The van der Waals surface area contributed by atoms with Crippen LogP contribution in [0.15, 0.2) is 83.7 Å². The second-order valence-electron chi connectivity index (χ2n) is 8.18. The molecule has 1 N–H and O–H groups in total. The summed E-state index contributed by atoms with van der Waals surface area (Å²) in [5, 5.41) is 7.81. The summed E-state index contributed by atoms with van der Waals surface area (Å²) in [5.74, 6) is -1.23. The van der Waals surface area contributed by atoms with Gasteiger partial charge in [0.05, 0.1) is 11.4 Å². The number of amides is 1. The highest BCUT2D eigenvalue weighted by Crippen LogP contribution is 2.19. The number of para-hydroxylation sites is 1. The summed E-state index contributed by atoms with van der Waals surface area (Å²) in [7, 11) is 0. The van der Waals surface area contributed by atoms with Crippen LogP contribution in [0.3, 0.4) is 0 Å². The quantitative estimate of drug-likeness (QED) is 0.418. The molecule has 0 atom stereocenters. The van der Waals surface area contributed by atoms with Crippen LogP contribution in [0.5, 0.6) is 0 Å². The van der Waals surface area contributed by atoms with Gasteiger partial charge in [-0.15, -0.1) is 0 Å². The number of aromatic nitrogens is 2. The second-order valence-corrected chi connectivity index (χ2v) is 8.18. The van der Waals surface area contributed by atoms with E-state index in [0.717, 1.165) is 11.1 Å². The molecule has 0 spiro atoms. The van der Waals surface area contributed by atoms with Gasteiger partial charge in [-0.2, -0.15) is 5.10 Å². The van der Waals surface area contributed by atoms with Crippen molar-refractivity contribution in [1.82, 2.24) is 9.78 Å². The van der Waals surface area contributed by atoms with Crippen molar-refractivity contribution in [2.45, 2.75) is 26.3 Å². The molecule has 1 aromatic heterocycles. The molecule has 4 aromatic rings. The van der Waals surface area contributed by atoms with Crippen LogP contribution in [0.25, 0.3) is 10.8 Å². The van der Waals surface area contributed by atoms with Crippen molar-refractivity contribution in [3.63, 3.8) is 0 Å². The molecular weight excluding hydrogens is 430 g/mol.